The van der Waals surface area contributed by atoms with Crippen LogP contribution in [0.4, 0.5) is 13.2 Å². The van der Waals surface area contributed by atoms with E-state index >= 15 is 0 Å². The Labute approximate surface area is 168 Å². The van der Waals surface area contributed by atoms with Crippen molar-refractivity contribution in [1.29, 1.82) is 0 Å². The normalized spacial score (nSPS) is 17.6. The van der Waals surface area contributed by atoms with Crippen molar-refractivity contribution in [1.82, 2.24) is 20.0 Å². The highest BCUT2D eigenvalue weighted by molar-refractivity contribution is 5.80. The molecule has 1 aromatic heterocycles. The molecule has 0 saturated carbocycles. The highest BCUT2D eigenvalue weighted by atomic mass is 19.4. The number of alkyl halides is 3. The maximum atomic E-state index is 13.0. The molecule has 1 saturated heterocycles. The van der Waals surface area contributed by atoms with Gasteiger partial charge in [0.05, 0.1) is 18.3 Å². The third-order valence-corrected chi connectivity index (χ3v) is 4.92. The largest absolute Gasteiger partial charge is 0.491 e. The van der Waals surface area contributed by atoms with Crippen molar-refractivity contribution in [2.24, 2.45) is 18.0 Å². The summed E-state index contributed by atoms with van der Waals surface area (Å²) in [5.41, 5.74) is 0.459. The minimum absolute atomic E-state index is 0.110. The molecule has 2 aromatic rings. The zero-order valence-electron chi connectivity index (χ0n) is 16.6. The Morgan fingerprint density at radius 1 is 1.34 bits per heavy atom. The minimum atomic E-state index is -4.43. The number of benzene rings is 1. The minimum Gasteiger partial charge on any atom is -0.491 e. The Morgan fingerprint density at radius 2 is 2.14 bits per heavy atom. The molecule has 9 heteroatoms. The van der Waals surface area contributed by atoms with Crippen molar-refractivity contribution in [2.75, 3.05) is 33.3 Å². The average molecular weight is 409 g/mol. The highest BCUT2D eigenvalue weighted by Crippen LogP contribution is 2.35. The molecule has 0 amide bonds. The summed E-state index contributed by atoms with van der Waals surface area (Å²) < 4.78 is 46.2. The van der Waals surface area contributed by atoms with Gasteiger partial charge in [-0.3, -0.25) is 9.67 Å². The number of aliphatic imine (C=N–C) groups is 1. The standard InChI is InChI=1S/C20H26F3N5O/c1-24-19(28-9-7-15(14-28)11-16-12-26-27(2)13-16)25-8-10-29-18-6-4-3-5-17(18)20(21,22)23/h3-6,12-13,15H,7-11,14H2,1-2H3,(H,24,25). The van der Waals surface area contributed by atoms with Crippen molar-refractivity contribution in [3.63, 3.8) is 0 Å². The third-order valence-electron chi connectivity index (χ3n) is 4.92. The van der Waals surface area contributed by atoms with Gasteiger partial charge in [-0.1, -0.05) is 12.1 Å². The van der Waals surface area contributed by atoms with Crippen LogP contribution in [0.3, 0.4) is 0 Å². The lowest BCUT2D eigenvalue weighted by atomic mass is 10.0. The summed E-state index contributed by atoms with van der Waals surface area (Å²) in [6, 6.07) is 5.24. The summed E-state index contributed by atoms with van der Waals surface area (Å²) in [5.74, 6) is 1.11. The number of aryl methyl sites for hydroxylation is 1. The van der Waals surface area contributed by atoms with Gasteiger partial charge < -0.3 is 15.0 Å². The second-order valence-corrected chi connectivity index (χ2v) is 7.14. The Hall–Kier alpha value is -2.71. The maximum Gasteiger partial charge on any atom is 0.419 e. The molecule has 1 aromatic carbocycles. The van der Waals surface area contributed by atoms with Crippen molar-refractivity contribution in [3.05, 3.63) is 47.8 Å². The molecule has 3 rings (SSSR count). The van der Waals surface area contributed by atoms with Crippen molar-refractivity contribution in [2.45, 2.75) is 19.0 Å². The van der Waals surface area contributed by atoms with Crippen LogP contribution < -0.4 is 10.1 Å². The lowest BCUT2D eigenvalue weighted by Gasteiger charge is -2.22. The number of nitrogens with one attached hydrogen (secondary N) is 1. The van der Waals surface area contributed by atoms with E-state index in [9.17, 15) is 13.2 Å². The Kier molecular flexibility index (Phi) is 6.66. The second-order valence-electron chi connectivity index (χ2n) is 7.14. The number of rotatable bonds is 6. The van der Waals surface area contributed by atoms with Crippen LogP contribution in [-0.2, 0) is 19.6 Å². The van der Waals surface area contributed by atoms with Gasteiger partial charge in [0, 0.05) is 33.4 Å². The number of likely N-dealkylation sites (tertiary alicyclic amines) is 1. The first-order valence-electron chi connectivity index (χ1n) is 9.59. The van der Waals surface area contributed by atoms with Crippen LogP contribution in [0.5, 0.6) is 5.75 Å². The summed E-state index contributed by atoms with van der Waals surface area (Å²) in [6.07, 6.45) is 1.53. The molecule has 0 aliphatic carbocycles. The number of aromatic nitrogens is 2. The number of ether oxygens (including phenoxy) is 1. The third kappa shape index (κ3) is 5.65. The fraction of sp³-hybridized carbons (Fsp3) is 0.500. The topological polar surface area (TPSA) is 54.7 Å². The molecule has 158 valence electrons. The lowest BCUT2D eigenvalue weighted by molar-refractivity contribution is -0.138. The van der Waals surface area contributed by atoms with Crippen LogP contribution in [0.2, 0.25) is 0 Å². The van der Waals surface area contributed by atoms with Gasteiger partial charge in [0.15, 0.2) is 5.96 Å². The van der Waals surface area contributed by atoms with E-state index in [0.29, 0.717) is 12.5 Å². The monoisotopic (exact) mass is 409 g/mol. The first kappa shape index (κ1) is 21.0. The van der Waals surface area contributed by atoms with Crippen molar-refractivity contribution >= 4 is 5.96 Å². The zero-order valence-corrected chi connectivity index (χ0v) is 16.6. The molecule has 0 radical (unpaired) electrons. The fourth-order valence-electron chi connectivity index (χ4n) is 3.59. The Morgan fingerprint density at radius 3 is 2.83 bits per heavy atom. The van der Waals surface area contributed by atoms with Crippen LogP contribution in [0.1, 0.15) is 17.5 Å². The van der Waals surface area contributed by atoms with E-state index in [-0.39, 0.29) is 12.4 Å². The predicted octanol–water partition coefficient (Wildman–Crippen LogP) is 2.96. The van der Waals surface area contributed by atoms with Crippen LogP contribution in [0.15, 0.2) is 41.7 Å². The van der Waals surface area contributed by atoms with Crippen LogP contribution in [0.25, 0.3) is 0 Å². The van der Waals surface area contributed by atoms with Gasteiger partial charge in [0.2, 0.25) is 0 Å². The quantitative estimate of drug-likeness (QED) is 0.453. The molecule has 1 N–H and O–H groups in total. The molecule has 0 spiro atoms. The number of halogens is 3. The highest BCUT2D eigenvalue weighted by Gasteiger charge is 2.34. The molecule has 0 bridgehead atoms. The molecule has 1 aliphatic heterocycles. The molecule has 1 aliphatic rings. The zero-order chi connectivity index (χ0) is 20.9. The molecule has 29 heavy (non-hydrogen) atoms. The van der Waals surface area contributed by atoms with E-state index in [0.717, 1.165) is 38.0 Å². The first-order chi connectivity index (χ1) is 13.9. The number of hydrogen-bond acceptors (Lipinski definition) is 3. The predicted molar refractivity (Wildman–Crippen MR) is 105 cm³/mol. The number of guanidine groups is 1. The van der Waals surface area contributed by atoms with Crippen molar-refractivity contribution in [3.8, 4) is 5.75 Å². The van der Waals surface area contributed by atoms with E-state index in [1.165, 1.54) is 23.8 Å². The molecular weight excluding hydrogens is 383 g/mol. The Bertz CT molecular complexity index is 834. The summed E-state index contributed by atoms with van der Waals surface area (Å²) in [6.45, 7) is 2.25. The van der Waals surface area contributed by atoms with Crippen molar-refractivity contribution < 1.29 is 17.9 Å². The Balaban J connectivity index is 1.46. The van der Waals surface area contributed by atoms with Gasteiger partial charge in [-0.2, -0.15) is 18.3 Å². The molecule has 1 fully saturated rings. The number of para-hydroxylation sites is 1. The molecular formula is C20H26F3N5O. The van der Waals surface area contributed by atoms with Gasteiger partial charge in [-0.05, 0) is 36.5 Å². The lowest BCUT2D eigenvalue weighted by Crippen LogP contribution is -2.41. The first-order valence-corrected chi connectivity index (χ1v) is 9.59. The van der Waals surface area contributed by atoms with E-state index in [1.807, 2.05) is 19.4 Å². The van der Waals surface area contributed by atoms with Gasteiger partial charge in [-0.25, -0.2) is 0 Å². The molecule has 1 unspecified atom stereocenters. The molecule has 1 atom stereocenters. The second kappa shape index (κ2) is 9.19. The van der Waals surface area contributed by atoms with Gasteiger partial charge >= 0.3 is 6.18 Å². The summed E-state index contributed by atoms with van der Waals surface area (Å²) in [7, 11) is 3.61. The summed E-state index contributed by atoms with van der Waals surface area (Å²) >= 11 is 0. The van der Waals surface area contributed by atoms with Gasteiger partial charge in [-0.15, -0.1) is 0 Å². The molecule has 6 nitrogen and oxygen atoms in total. The van der Waals surface area contributed by atoms with Crippen LogP contribution in [-0.4, -0.2) is 53.9 Å². The number of nitrogens with zero attached hydrogens (tertiary/aromatic N) is 4. The SMILES string of the molecule is CN=C(NCCOc1ccccc1C(F)(F)F)N1CCC(Cc2cnn(C)c2)C1. The summed E-state index contributed by atoms with van der Waals surface area (Å²) in [5, 5.41) is 7.39. The van der Waals surface area contributed by atoms with Crippen LogP contribution >= 0.6 is 0 Å². The summed E-state index contributed by atoms with van der Waals surface area (Å²) in [4.78, 5) is 6.47. The van der Waals surface area contributed by atoms with E-state index in [1.54, 1.807) is 11.7 Å². The number of hydrogen-bond donors (Lipinski definition) is 1. The average Bonchev–Trinajstić information content (AvgIpc) is 3.30. The maximum absolute atomic E-state index is 13.0. The van der Waals surface area contributed by atoms with Crippen LogP contribution in [0, 0.1) is 5.92 Å². The van der Waals surface area contributed by atoms with E-state index < -0.39 is 11.7 Å². The molecule has 2 heterocycles. The van der Waals surface area contributed by atoms with Gasteiger partial charge in [0.25, 0.3) is 0 Å². The van der Waals surface area contributed by atoms with Gasteiger partial charge in [0.1, 0.15) is 12.4 Å². The fourth-order valence-corrected chi connectivity index (χ4v) is 3.59. The van der Waals surface area contributed by atoms with E-state index in [2.05, 4.69) is 20.3 Å². The smallest absolute Gasteiger partial charge is 0.419 e. The van der Waals surface area contributed by atoms with E-state index in [4.69, 9.17) is 4.74 Å².